The van der Waals surface area contributed by atoms with Gasteiger partial charge >= 0.3 is 5.97 Å². The van der Waals surface area contributed by atoms with Crippen LogP contribution in [0.3, 0.4) is 0 Å². The highest BCUT2D eigenvalue weighted by atomic mass is 16.6. The number of non-ortho nitro benzene ring substituents is 1. The van der Waals surface area contributed by atoms with E-state index in [0.29, 0.717) is 5.56 Å². The molecule has 0 atom stereocenters. The molecule has 0 aliphatic carbocycles. The fourth-order valence-electron chi connectivity index (χ4n) is 1.44. The second-order valence-corrected chi connectivity index (χ2v) is 3.81. The first-order valence-electron chi connectivity index (χ1n) is 5.85. The number of hydrogen-bond donors (Lipinski definition) is 1. The predicted molar refractivity (Wildman–Crippen MR) is 71.5 cm³/mol. The summed E-state index contributed by atoms with van der Waals surface area (Å²) >= 11 is 0. The molecule has 0 aromatic heterocycles. The molecule has 7 heteroatoms. The standard InChI is InChI=1S/C13H14N2O5/c1-3-20-13(17)12(14-9(2)16)8-10-5-4-6-11(7-10)15(18)19/h4-8H,3H2,1-2H3,(H,14,16)/b12-8-. The van der Waals surface area contributed by atoms with Gasteiger partial charge in [-0.25, -0.2) is 4.79 Å². The Morgan fingerprint density at radius 3 is 2.70 bits per heavy atom. The molecule has 7 nitrogen and oxygen atoms in total. The summed E-state index contributed by atoms with van der Waals surface area (Å²) in [7, 11) is 0. The van der Waals surface area contributed by atoms with E-state index in [4.69, 9.17) is 4.74 Å². The van der Waals surface area contributed by atoms with Crippen molar-refractivity contribution in [3.8, 4) is 0 Å². The largest absolute Gasteiger partial charge is 0.461 e. The molecule has 1 N–H and O–H groups in total. The van der Waals surface area contributed by atoms with Crippen LogP contribution < -0.4 is 5.32 Å². The molecule has 20 heavy (non-hydrogen) atoms. The van der Waals surface area contributed by atoms with Crippen LogP contribution in [0, 0.1) is 10.1 Å². The van der Waals surface area contributed by atoms with Crippen molar-refractivity contribution in [3.63, 3.8) is 0 Å². The average molecular weight is 278 g/mol. The predicted octanol–water partition coefficient (Wildman–Crippen LogP) is 1.63. The zero-order valence-corrected chi connectivity index (χ0v) is 11.1. The Hall–Kier alpha value is -2.70. The van der Waals surface area contributed by atoms with Crippen LogP contribution in [0.15, 0.2) is 30.0 Å². The summed E-state index contributed by atoms with van der Waals surface area (Å²) in [6, 6.07) is 5.69. The highest BCUT2D eigenvalue weighted by molar-refractivity contribution is 5.97. The molecular formula is C13H14N2O5. The highest BCUT2D eigenvalue weighted by Gasteiger charge is 2.13. The van der Waals surface area contributed by atoms with E-state index in [1.165, 1.54) is 31.2 Å². The van der Waals surface area contributed by atoms with Gasteiger partial charge in [0.2, 0.25) is 5.91 Å². The molecule has 0 unspecified atom stereocenters. The lowest BCUT2D eigenvalue weighted by Gasteiger charge is -2.07. The number of nitro benzene ring substituents is 1. The van der Waals surface area contributed by atoms with Gasteiger partial charge in [-0.15, -0.1) is 0 Å². The van der Waals surface area contributed by atoms with Gasteiger partial charge in [-0.1, -0.05) is 12.1 Å². The van der Waals surface area contributed by atoms with Crippen LogP contribution in [0.25, 0.3) is 6.08 Å². The fourth-order valence-corrected chi connectivity index (χ4v) is 1.44. The number of ether oxygens (including phenoxy) is 1. The Bertz CT molecular complexity index is 566. The van der Waals surface area contributed by atoms with Crippen molar-refractivity contribution in [3.05, 3.63) is 45.6 Å². The maximum Gasteiger partial charge on any atom is 0.354 e. The summed E-state index contributed by atoms with van der Waals surface area (Å²) in [5.74, 6) is -1.14. The van der Waals surface area contributed by atoms with Gasteiger partial charge in [0.1, 0.15) is 5.70 Å². The first-order valence-corrected chi connectivity index (χ1v) is 5.85. The Kier molecular flexibility index (Phi) is 5.40. The molecule has 0 saturated carbocycles. The minimum Gasteiger partial charge on any atom is -0.461 e. The molecule has 0 radical (unpaired) electrons. The number of hydrogen-bond acceptors (Lipinski definition) is 5. The molecule has 1 rings (SSSR count). The van der Waals surface area contributed by atoms with Gasteiger partial charge in [-0.2, -0.15) is 0 Å². The van der Waals surface area contributed by atoms with E-state index >= 15 is 0 Å². The maximum absolute atomic E-state index is 11.7. The van der Waals surface area contributed by atoms with Crippen LogP contribution in [0.5, 0.6) is 0 Å². The third-order valence-electron chi connectivity index (χ3n) is 2.20. The second-order valence-electron chi connectivity index (χ2n) is 3.81. The van der Waals surface area contributed by atoms with Crippen LogP contribution >= 0.6 is 0 Å². The van der Waals surface area contributed by atoms with Gasteiger partial charge in [0.25, 0.3) is 5.69 Å². The first-order chi connectivity index (χ1) is 9.43. The van der Waals surface area contributed by atoms with E-state index in [1.54, 1.807) is 13.0 Å². The summed E-state index contributed by atoms with van der Waals surface area (Å²) in [6.07, 6.45) is 1.33. The number of nitro groups is 1. The minimum absolute atomic E-state index is 0.0696. The third kappa shape index (κ3) is 4.52. The number of esters is 1. The Labute approximate surface area is 115 Å². The van der Waals surface area contributed by atoms with Crippen molar-refractivity contribution < 1.29 is 19.2 Å². The topological polar surface area (TPSA) is 98.5 Å². The molecular weight excluding hydrogens is 264 g/mol. The highest BCUT2D eigenvalue weighted by Crippen LogP contribution is 2.15. The summed E-state index contributed by atoms with van der Waals surface area (Å²) in [5.41, 5.74) is 0.237. The van der Waals surface area contributed by atoms with Gasteiger partial charge in [-0.05, 0) is 18.6 Å². The van der Waals surface area contributed by atoms with Crippen molar-refractivity contribution in [2.45, 2.75) is 13.8 Å². The Balaban J connectivity index is 3.11. The van der Waals surface area contributed by atoms with Crippen molar-refractivity contribution in [2.24, 2.45) is 0 Å². The zero-order valence-electron chi connectivity index (χ0n) is 11.1. The molecule has 0 saturated heterocycles. The first kappa shape index (κ1) is 15.4. The number of nitrogens with one attached hydrogen (secondary N) is 1. The smallest absolute Gasteiger partial charge is 0.354 e. The molecule has 1 aromatic rings. The molecule has 1 aromatic carbocycles. The van der Waals surface area contributed by atoms with Crippen molar-refractivity contribution in [1.29, 1.82) is 0 Å². The zero-order chi connectivity index (χ0) is 15.1. The maximum atomic E-state index is 11.7. The van der Waals surface area contributed by atoms with E-state index in [2.05, 4.69) is 5.32 Å². The fraction of sp³-hybridized carbons (Fsp3) is 0.231. The normalized spacial score (nSPS) is 10.8. The number of amides is 1. The van der Waals surface area contributed by atoms with Crippen LogP contribution in [-0.2, 0) is 14.3 Å². The molecule has 0 heterocycles. The van der Waals surface area contributed by atoms with Crippen LogP contribution in [0.1, 0.15) is 19.4 Å². The molecule has 0 aliphatic rings. The van der Waals surface area contributed by atoms with Gasteiger partial charge in [0.15, 0.2) is 0 Å². The van der Waals surface area contributed by atoms with Crippen molar-refractivity contribution >= 4 is 23.6 Å². The SMILES string of the molecule is CCOC(=O)/C(=C/c1cccc([N+](=O)[O-])c1)NC(C)=O. The molecule has 0 aliphatic heterocycles. The number of carbonyl (C=O) groups excluding carboxylic acids is 2. The third-order valence-corrected chi connectivity index (χ3v) is 2.20. The van der Waals surface area contributed by atoms with E-state index in [1.807, 2.05) is 0 Å². The molecule has 0 fully saturated rings. The Morgan fingerprint density at radius 1 is 1.45 bits per heavy atom. The van der Waals surface area contributed by atoms with Crippen LogP contribution in [-0.4, -0.2) is 23.4 Å². The summed E-state index contributed by atoms with van der Waals surface area (Å²) in [6.45, 7) is 3.04. The molecule has 1 amide bonds. The summed E-state index contributed by atoms with van der Waals surface area (Å²) < 4.78 is 4.80. The van der Waals surface area contributed by atoms with Crippen LogP contribution in [0.4, 0.5) is 5.69 Å². The van der Waals surface area contributed by atoms with E-state index in [9.17, 15) is 19.7 Å². The second kappa shape index (κ2) is 7.03. The summed E-state index contributed by atoms with van der Waals surface area (Å²) in [4.78, 5) is 32.9. The molecule has 106 valence electrons. The molecule has 0 spiro atoms. The lowest BCUT2D eigenvalue weighted by Crippen LogP contribution is -2.26. The van der Waals surface area contributed by atoms with Gasteiger partial charge in [0.05, 0.1) is 11.5 Å². The Morgan fingerprint density at radius 2 is 2.15 bits per heavy atom. The number of nitrogens with zero attached hydrogens (tertiary/aromatic N) is 1. The van der Waals surface area contributed by atoms with E-state index < -0.39 is 16.8 Å². The van der Waals surface area contributed by atoms with Gasteiger partial charge in [0, 0.05) is 19.1 Å². The number of rotatable bonds is 5. The monoisotopic (exact) mass is 278 g/mol. The molecule has 0 bridgehead atoms. The lowest BCUT2D eigenvalue weighted by molar-refractivity contribution is -0.384. The number of carbonyl (C=O) groups is 2. The summed E-state index contributed by atoms with van der Waals surface area (Å²) in [5, 5.41) is 13.0. The van der Waals surface area contributed by atoms with Crippen molar-refractivity contribution in [1.82, 2.24) is 5.32 Å². The number of benzene rings is 1. The lowest BCUT2D eigenvalue weighted by atomic mass is 10.1. The van der Waals surface area contributed by atoms with Crippen LogP contribution in [0.2, 0.25) is 0 Å². The van der Waals surface area contributed by atoms with Gasteiger partial charge in [-0.3, -0.25) is 14.9 Å². The quantitative estimate of drug-likeness (QED) is 0.382. The average Bonchev–Trinajstić information content (AvgIpc) is 2.38. The van der Waals surface area contributed by atoms with Crippen molar-refractivity contribution in [2.75, 3.05) is 6.61 Å². The van der Waals surface area contributed by atoms with E-state index in [0.717, 1.165) is 0 Å². The van der Waals surface area contributed by atoms with E-state index in [-0.39, 0.29) is 18.0 Å². The van der Waals surface area contributed by atoms with Gasteiger partial charge < -0.3 is 10.1 Å². The minimum atomic E-state index is -0.700.